The van der Waals surface area contributed by atoms with Crippen LogP contribution >= 0.6 is 11.8 Å². The molecule has 0 saturated carbocycles. The summed E-state index contributed by atoms with van der Waals surface area (Å²) in [7, 11) is 0. The zero-order chi connectivity index (χ0) is 24.7. The molecular weight excluding hydrogens is 458 g/mol. The Morgan fingerprint density at radius 2 is 2.09 bits per heavy atom. The maximum absolute atomic E-state index is 12.6. The van der Waals surface area contributed by atoms with Gasteiger partial charge in [-0.05, 0) is 19.9 Å². The predicted molar refractivity (Wildman–Crippen MR) is 131 cm³/mol. The number of rotatable bonds is 12. The molecule has 0 unspecified atom stereocenters. The number of anilines is 1. The van der Waals surface area contributed by atoms with Crippen molar-refractivity contribution in [3.8, 4) is 0 Å². The topological polar surface area (TPSA) is 137 Å². The van der Waals surface area contributed by atoms with Crippen LogP contribution in [0.5, 0.6) is 0 Å². The van der Waals surface area contributed by atoms with Gasteiger partial charge in [-0.1, -0.05) is 31.7 Å². The minimum atomic E-state index is -0.492. The Kier molecular flexibility index (Phi) is 8.77. The van der Waals surface area contributed by atoms with Gasteiger partial charge >= 0.3 is 0 Å². The van der Waals surface area contributed by atoms with Gasteiger partial charge in [0.05, 0.1) is 29.7 Å². The van der Waals surface area contributed by atoms with Crippen LogP contribution < -0.4 is 10.6 Å². The highest BCUT2D eigenvalue weighted by Crippen LogP contribution is 2.26. The fourth-order valence-electron chi connectivity index (χ4n) is 3.32. The van der Waals surface area contributed by atoms with E-state index in [1.54, 1.807) is 35.6 Å². The molecule has 182 valence electrons. The van der Waals surface area contributed by atoms with Gasteiger partial charge in [0.1, 0.15) is 5.82 Å². The highest BCUT2D eigenvalue weighted by Gasteiger charge is 2.18. The van der Waals surface area contributed by atoms with Crippen LogP contribution in [0.2, 0.25) is 0 Å². The van der Waals surface area contributed by atoms with Crippen molar-refractivity contribution < 1.29 is 14.5 Å². The predicted octanol–water partition coefficient (Wildman–Crippen LogP) is 3.42. The monoisotopic (exact) mass is 487 g/mol. The average molecular weight is 488 g/mol. The first kappa shape index (κ1) is 25.4. The molecule has 0 aliphatic rings. The third kappa shape index (κ3) is 6.20. The quantitative estimate of drug-likeness (QED) is 0.129. The number of ether oxygens (including phenoxy) is 1. The van der Waals surface area contributed by atoms with Crippen molar-refractivity contribution in [2.45, 2.75) is 44.6 Å². The molecule has 2 aromatic heterocycles. The molecule has 2 heterocycles. The summed E-state index contributed by atoms with van der Waals surface area (Å²) >= 11 is 1.56. The van der Waals surface area contributed by atoms with Gasteiger partial charge < -0.3 is 15.4 Å². The Bertz CT molecular complexity index is 1170. The van der Waals surface area contributed by atoms with E-state index in [0.29, 0.717) is 53.7 Å². The molecule has 0 fully saturated rings. The number of fused-ring (bicyclic) bond motifs is 1. The lowest BCUT2D eigenvalue weighted by atomic mass is 10.1. The molecule has 3 aromatic rings. The first-order valence-electron chi connectivity index (χ1n) is 11.1. The van der Waals surface area contributed by atoms with Crippen LogP contribution in [0.25, 0.3) is 11.0 Å². The summed E-state index contributed by atoms with van der Waals surface area (Å²) in [5, 5.41) is 23.4. The van der Waals surface area contributed by atoms with Gasteiger partial charge in [-0.15, -0.1) is 0 Å². The molecule has 12 heteroatoms. The first-order chi connectivity index (χ1) is 16.3. The van der Waals surface area contributed by atoms with Crippen molar-refractivity contribution in [1.29, 1.82) is 0 Å². The summed E-state index contributed by atoms with van der Waals surface area (Å²) in [5.74, 6) is 0.317. The third-order valence-electron chi connectivity index (χ3n) is 4.92. The molecular formula is C22H29N7O4S. The van der Waals surface area contributed by atoms with E-state index in [4.69, 9.17) is 4.74 Å². The molecule has 11 nitrogen and oxygen atoms in total. The van der Waals surface area contributed by atoms with E-state index in [1.165, 1.54) is 12.1 Å². The number of carbonyl (C=O) groups is 1. The number of nitrogens with zero attached hydrogens (tertiary/aromatic N) is 5. The SMILES string of the molecule is CCOCCNc1nc(SC(C)C)nc2c1cnn2CCNC(=O)c1cccc([N+](=O)[O-])c1C. The molecule has 34 heavy (non-hydrogen) atoms. The summed E-state index contributed by atoms with van der Waals surface area (Å²) in [5.41, 5.74) is 1.19. The molecule has 0 aliphatic carbocycles. The number of aromatic nitrogens is 4. The third-order valence-corrected chi connectivity index (χ3v) is 5.78. The summed E-state index contributed by atoms with van der Waals surface area (Å²) < 4.78 is 7.12. The molecule has 0 bridgehead atoms. The van der Waals surface area contributed by atoms with Crippen LogP contribution in [-0.2, 0) is 11.3 Å². The lowest BCUT2D eigenvalue weighted by Crippen LogP contribution is -2.28. The van der Waals surface area contributed by atoms with E-state index >= 15 is 0 Å². The Morgan fingerprint density at radius 3 is 2.79 bits per heavy atom. The molecule has 1 aromatic carbocycles. The number of hydrogen-bond acceptors (Lipinski definition) is 9. The summed E-state index contributed by atoms with van der Waals surface area (Å²) in [6, 6.07) is 4.46. The van der Waals surface area contributed by atoms with Crippen molar-refractivity contribution in [3.63, 3.8) is 0 Å². The Morgan fingerprint density at radius 1 is 1.29 bits per heavy atom. The normalized spacial score (nSPS) is 11.2. The summed E-state index contributed by atoms with van der Waals surface area (Å²) in [4.78, 5) is 32.6. The van der Waals surface area contributed by atoms with Gasteiger partial charge in [0.25, 0.3) is 11.6 Å². The summed E-state index contributed by atoms with van der Waals surface area (Å²) in [6.07, 6.45) is 1.70. The number of benzene rings is 1. The van der Waals surface area contributed by atoms with Gasteiger partial charge in [0, 0.05) is 42.1 Å². The number of carbonyl (C=O) groups excluding carboxylic acids is 1. The molecule has 2 N–H and O–H groups in total. The lowest BCUT2D eigenvalue weighted by Gasteiger charge is -2.11. The van der Waals surface area contributed by atoms with E-state index in [9.17, 15) is 14.9 Å². The average Bonchev–Trinajstić information content (AvgIpc) is 3.19. The van der Waals surface area contributed by atoms with Crippen LogP contribution in [0.4, 0.5) is 11.5 Å². The number of nitro benzene ring substituents is 1. The molecule has 0 aliphatic heterocycles. The van der Waals surface area contributed by atoms with Gasteiger partial charge in [-0.3, -0.25) is 14.9 Å². The van der Waals surface area contributed by atoms with Crippen molar-refractivity contribution in [2.75, 3.05) is 31.6 Å². The zero-order valence-electron chi connectivity index (χ0n) is 19.7. The second kappa shape index (κ2) is 11.7. The zero-order valence-corrected chi connectivity index (χ0v) is 20.5. The maximum atomic E-state index is 12.6. The molecule has 0 atom stereocenters. The van der Waals surface area contributed by atoms with Gasteiger partial charge in [0.15, 0.2) is 10.8 Å². The highest BCUT2D eigenvalue weighted by molar-refractivity contribution is 7.99. The van der Waals surface area contributed by atoms with Gasteiger partial charge in [-0.2, -0.15) is 5.10 Å². The van der Waals surface area contributed by atoms with E-state index < -0.39 is 4.92 Å². The highest BCUT2D eigenvalue weighted by atomic mass is 32.2. The van der Waals surface area contributed by atoms with Crippen molar-refractivity contribution in [1.82, 2.24) is 25.1 Å². The Balaban J connectivity index is 1.75. The molecule has 3 rings (SSSR count). The molecule has 0 spiro atoms. The Labute approximate surface area is 201 Å². The first-order valence-corrected chi connectivity index (χ1v) is 11.9. The lowest BCUT2D eigenvalue weighted by molar-refractivity contribution is -0.385. The fraction of sp³-hybridized carbons (Fsp3) is 0.455. The van der Waals surface area contributed by atoms with E-state index in [-0.39, 0.29) is 23.7 Å². The minimum absolute atomic E-state index is 0.0815. The second-order valence-corrected chi connectivity index (χ2v) is 9.26. The molecule has 0 saturated heterocycles. The maximum Gasteiger partial charge on any atom is 0.273 e. The standard InChI is InChI=1S/C22H29N7O4S/c1-5-33-12-10-23-19-17-13-25-28(20(17)27-22(26-19)34-14(2)3)11-9-24-21(30)16-7-6-8-18(15(16)4)29(31)32/h6-8,13-14H,5,9-12H2,1-4H3,(H,24,30)(H,23,26,27). The van der Waals surface area contributed by atoms with Crippen LogP contribution in [0.1, 0.15) is 36.7 Å². The Hall–Kier alpha value is -3.25. The molecule has 0 radical (unpaired) electrons. The summed E-state index contributed by atoms with van der Waals surface area (Å²) in [6.45, 7) is 10.1. The van der Waals surface area contributed by atoms with Crippen molar-refractivity contribution in [2.24, 2.45) is 0 Å². The van der Waals surface area contributed by atoms with Crippen molar-refractivity contribution in [3.05, 3.63) is 45.6 Å². The smallest absolute Gasteiger partial charge is 0.273 e. The van der Waals surface area contributed by atoms with E-state index in [2.05, 4.69) is 39.5 Å². The second-order valence-electron chi connectivity index (χ2n) is 7.71. The van der Waals surface area contributed by atoms with Crippen LogP contribution in [0.3, 0.4) is 0 Å². The fourth-order valence-corrected chi connectivity index (χ4v) is 4.03. The van der Waals surface area contributed by atoms with Crippen LogP contribution in [0, 0.1) is 17.0 Å². The van der Waals surface area contributed by atoms with Gasteiger partial charge in [0.2, 0.25) is 0 Å². The van der Waals surface area contributed by atoms with Crippen molar-refractivity contribution >= 4 is 40.2 Å². The molecule has 1 amide bonds. The number of hydrogen-bond donors (Lipinski definition) is 2. The number of thioether (sulfide) groups is 1. The van der Waals surface area contributed by atoms with Crippen LogP contribution in [0.15, 0.2) is 29.6 Å². The van der Waals surface area contributed by atoms with Crippen LogP contribution in [-0.4, -0.2) is 62.1 Å². The number of amides is 1. The van der Waals surface area contributed by atoms with E-state index in [1.807, 2.05) is 6.92 Å². The largest absolute Gasteiger partial charge is 0.380 e. The van der Waals surface area contributed by atoms with Gasteiger partial charge in [-0.25, -0.2) is 14.6 Å². The van der Waals surface area contributed by atoms with E-state index in [0.717, 1.165) is 5.39 Å². The number of nitro groups is 1. The number of nitrogens with one attached hydrogen (secondary N) is 2. The minimum Gasteiger partial charge on any atom is -0.380 e.